The molecule has 1 heterocycles. The normalized spacial score (nSPS) is 11.0. The molecule has 0 radical (unpaired) electrons. The summed E-state index contributed by atoms with van der Waals surface area (Å²) in [6.45, 7) is 4.88. The number of aromatic nitrogens is 1. The van der Waals surface area contributed by atoms with Crippen molar-refractivity contribution >= 4 is 11.6 Å². The fraction of sp³-hybridized carbons (Fsp3) is 0.121. The molecular weight excluding hydrogens is 459 g/mol. The zero-order valence-corrected chi connectivity index (χ0v) is 21.0. The van der Waals surface area contributed by atoms with E-state index in [1.807, 2.05) is 78.9 Å². The van der Waals surface area contributed by atoms with Crippen molar-refractivity contribution < 1.29 is 9.18 Å². The van der Waals surface area contributed by atoms with E-state index < -0.39 is 0 Å². The van der Waals surface area contributed by atoms with E-state index in [1.54, 1.807) is 12.1 Å². The summed E-state index contributed by atoms with van der Waals surface area (Å²) in [5, 5.41) is 3.11. The van der Waals surface area contributed by atoms with Gasteiger partial charge in [0.15, 0.2) is 0 Å². The van der Waals surface area contributed by atoms with Gasteiger partial charge in [0.1, 0.15) is 5.82 Å². The third kappa shape index (κ3) is 5.10. The largest absolute Gasteiger partial charge is 0.339 e. The molecular formula is C33H29FN2O. The van der Waals surface area contributed by atoms with Gasteiger partial charge in [-0.1, -0.05) is 92.7 Å². The molecule has 5 rings (SSSR count). The van der Waals surface area contributed by atoms with E-state index in [9.17, 15) is 9.18 Å². The Morgan fingerprint density at radius 1 is 0.757 bits per heavy atom. The van der Waals surface area contributed by atoms with Crippen LogP contribution in [0.1, 0.15) is 41.4 Å². The lowest BCUT2D eigenvalue weighted by atomic mass is 9.94. The summed E-state index contributed by atoms with van der Waals surface area (Å²) >= 11 is 0. The predicted molar refractivity (Wildman–Crippen MR) is 149 cm³/mol. The van der Waals surface area contributed by atoms with Crippen LogP contribution in [0.2, 0.25) is 0 Å². The molecule has 4 heteroatoms. The first-order chi connectivity index (χ1) is 18.0. The summed E-state index contributed by atoms with van der Waals surface area (Å²) in [6, 6.07) is 36.1. The van der Waals surface area contributed by atoms with Crippen LogP contribution in [0.15, 0.2) is 115 Å². The Labute approximate surface area is 217 Å². The number of hydrogen-bond acceptors (Lipinski definition) is 1. The number of carbonyl (C=O) groups excluding carboxylic acids is 1. The van der Waals surface area contributed by atoms with Crippen LogP contribution >= 0.6 is 0 Å². The molecule has 37 heavy (non-hydrogen) atoms. The maximum absolute atomic E-state index is 14.1. The van der Waals surface area contributed by atoms with Crippen LogP contribution < -0.4 is 5.32 Å². The molecule has 5 aromatic rings. The first kappa shape index (κ1) is 24.3. The number of carbonyl (C=O) groups is 1. The quantitative estimate of drug-likeness (QED) is 0.245. The van der Waals surface area contributed by atoms with Gasteiger partial charge in [0.2, 0.25) is 0 Å². The van der Waals surface area contributed by atoms with Crippen LogP contribution in [0.25, 0.3) is 22.4 Å². The second kappa shape index (κ2) is 10.7. The van der Waals surface area contributed by atoms with E-state index >= 15 is 0 Å². The van der Waals surface area contributed by atoms with Crippen molar-refractivity contribution in [3.63, 3.8) is 0 Å². The number of nitrogens with zero attached hydrogens (tertiary/aromatic N) is 1. The Morgan fingerprint density at radius 3 is 1.92 bits per heavy atom. The number of amides is 1. The number of hydrogen-bond donors (Lipinski definition) is 1. The number of nitrogens with one attached hydrogen (secondary N) is 1. The van der Waals surface area contributed by atoms with Crippen LogP contribution in [-0.2, 0) is 6.54 Å². The van der Waals surface area contributed by atoms with Crippen molar-refractivity contribution in [1.29, 1.82) is 0 Å². The van der Waals surface area contributed by atoms with E-state index in [1.165, 1.54) is 12.1 Å². The van der Waals surface area contributed by atoms with Crippen LogP contribution in [0.3, 0.4) is 0 Å². The minimum absolute atomic E-state index is 0.122. The molecule has 4 aromatic carbocycles. The summed E-state index contributed by atoms with van der Waals surface area (Å²) in [5.74, 6) is -0.387. The highest BCUT2D eigenvalue weighted by Gasteiger charge is 2.30. The van der Waals surface area contributed by atoms with Gasteiger partial charge < -0.3 is 9.88 Å². The number of anilines is 1. The number of halogens is 1. The van der Waals surface area contributed by atoms with Gasteiger partial charge in [0, 0.05) is 23.5 Å². The van der Waals surface area contributed by atoms with Gasteiger partial charge in [-0.05, 0) is 59.0 Å². The molecule has 0 unspecified atom stereocenters. The summed E-state index contributed by atoms with van der Waals surface area (Å²) in [5.41, 5.74) is 6.93. The molecule has 0 aliphatic rings. The minimum atomic E-state index is -0.312. The van der Waals surface area contributed by atoms with Gasteiger partial charge in [-0.3, -0.25) is 4.79 Å². The third-order valence-corrected chi connectivity index (χ3v) is 6.47. The maximum Gasteiger partial charge on any atom is 0.258 e. The second-order valence-corrected chi connectivity index (χ2v) is 9.40. The average molecular weight is 489 g/mol. The van der Waals surface area contributed by atoms with E-state index in [0.29, 0.717) is 12.1 Å². The summed E-state index contributed by atoms with van der Waals surface area (Å²) in [7, 11) is 0. The highest BCUT2D eigenvalue weighted by atomic mass is 19.1. The smallest absolute Gasteiger partial charge is 0.258 e. The molecule has 1 aromatic heterocycles. The van der Waals surface area contributed by atoms with Crippen molar-refractivity contribution in [2.45, 2.75) is 26.3 Å². The lowest BCUT2D eigenvalue weighted by Crippen LogP contribution is -2.14. The fourth-order valence-electron chi connectivity index (χ4n) is 4.91. The Balaban J connectivity index is 1.83. The molecule has 0 atom stereocenters. The molecule has 1 N–H and O–H groups in total. The van der Waals surface area contributed by atoms with Gasteiger partial charge in [-0.15, -0.1) is 0 Å². The molecule has 3 nitrogen and oxygen atoms in total. The summed E-state index contributed by atoms with van der Waals surface area (Å²) < 4.78 is 16.2. The van der Waals surface area contributed by atoms with Crippen molar-refractivity contribution in [2.75, 3.05) is 5.32 Å². The molecule has 184 valence electrons. The molecule has 1 amide bonds. The van der Waals surface area contributed by atoms with Crippen molar-refractivity contribution in [1.82, 2.24) is 4.57 Å². The third-order valence-electron chi connectivity index (χ3n) is 6.47. The van der Waals surface area contributed by atoms with Crippen molar-refractivity contribution in [2.24, 2.45) is 0 Å². The number of benzene rings is 4. The fourth-order valence-corrected chi connectivity index (χ4v) is 4.91. The summed E-state index contributed by atoms with van der Waals surface area (Å²) in [6.07, 6.45) is 0. The first-order valence-corrected chi connectivity index (χ1v) is 12.5. The Kier molecular flexibility index (Phi) is 7.00. The van der Waals surface area contributed by atoms with Crippen molar-refractivity contribution in [3.8, 4) is 22.4 Å². The Morgan fingerprint density at radius 2 is 1.32 bits per heavy atom. The molecule has 0 aliphatic heterocycles. The van der Waals surface area contributed by atoms with E-state index in [0.717, 1.165) is 39.3 Å². The van der Waals surface area contributed by atoms with Gasteiger partial charge in [0.25, 0.3) is 5.91 Å². The van der Waals surface area contributed by atoms with Crippen LogP contribution in [0.5, 0.6) is 0 Å². The highest BCUT2D eigenvalue weighted by molar-refractivity contribution is 6.13. The SMILES string of the molecule is CC(C)c1c(-c2ccccc2)c(C(=O)Nc2ccccc2)c(-c2ccc(F)cc2)n1Cc1ccccc1. The monoisotopic (exact) mass is 488 g/mol. The van der Waals surface area contributed by atoms with Gasteiger partial charge >= 0.3 is 0 Å². The molecule has 0 aliphatic carbocycles. The average Bonchev–Trinajstić information content (AvgIpc) is 3.26. The van der Waals surface area contributed by atoms with E-state index in [4.69, 9.17) is 0 Å². The standard InChI is InChI=1S/C33H29FN2O/c1-23(2)31-29(25-14-8-4-9-15-25)30(33(37)35-28-16-10-5-11-17-28)32(26-18-20-27(34)21-19-26)36(31)22-24-12-6-3-7-13-24/h3-21,23H,22H2,1-2H3,(H,35,37). The van der Waals surface area contributed by atoms with Crippen LogP contribution in [0.4, 0.5) is 10.1 Å². The molecule has 0 fully saturated rings. The zero-order valence-electron chi connectivity index (χ0n) is 21.0. The van der Waals surface area contributed by atoms with Gasteiger partial charge in [-0.25, -0.2) is 4.39 Å². The highest BCUT2D eigenvalue weighted by Crippen LogP contribution is 2.42. The number of para-hydroxylation sites is 1. The van der Waals surface area contributed by atoms with E-state index in [-0.39, 0.29) is 17.6 Å². The topological polar surface area (TPSA) is 34.0 Å². The van der Waals surface area contributed by atoms with Crippen LogP contribution in [0, 0.1) is 5.82 Å². The molecule has 0 spiro atoms. The van der Waals surface area contributed by atoms with Crippen LogP contribution in [-0.4, -0.2) is 10.5 Å². The second-order valence-electron chi connectivity index (χ2n) is 9.40. The lowest BCUT2D eigenvalue weighted by molar-refractivity contribution is 0.102. The molecule has 0 saturated heterocycles. The van der Waals surface area contributed by atoms with Crippen molar-refractivity contribution in [3.05, 3.63) is 138 Å². The van der Waals surface area contributed by atoms with E-state index in [2.05, 4.69) is 35.9 Å². The molecule has 0 saturated carbocycles. The van der Waals surface area contributed by atoms with Gasteiger partial charge in [0.05, 0.1) is 11.3 Å². The first-order valence-electron chi connectivity index (χ1n) is 12.5. The summed E-state index contributed by atoms with van der Waals surface area (Å²) in [4.78, 5) is 14.1. The number of rotatable bonds is 7. The zero-order chi connectivity index (χ0) is 25.8. The maximum atomic E-state index is 14.1. The molecule has 0 bridgehead atoms. The van der Waals surface area contributed by atoms with Gasteiger partial charge in [-0.2, -0.15) is 0 Å². The Hall–Kier alpha value is -4.44. The lowest BCUT2D eigenvalue weighted by Gasteiger charge is -2.17. The minimum Gasteiger partial charge on any atom is -0.339 e. The Bertz CT molecular complexity index is 1490. The predicted octanol–water partition coefficient (Wildman–Crippen LogP) is 8.39.